The Morgan fingerprint density at radius 3 is 2.55 bits per heavy atom. The van der Waals surface area contributed by atoms with E-state index in [0.717, 1.165) is 11.0 Å². The third-order valence-electron chi connectivity index (χ3n) is 4.41. The zero-order valence-electron chi connectivity index (χ0n) is 16.6. The molecule has 3 rings (SSSR count). The van der Waals surface area contributed by atoms with Crippen molar-refractivity contribution in [3.8, 4) is 5.75 Å². The molecule has 0 radical (unpaired) electrons. The molecule has 1 aromatic heterocycles. The van der Waals surface area contributed by atoms with Crippen LogP contribution in [0.3, 0.4) is 0 Å². The monoisotopic (exact) mass is 396 g/mol. The number of carbonyl (C=O) groups is 2. The van der Waals surface area contributed by atoms with Gasteiger partial charge in [-0.1, -0.05) is 24.3 Å². The third kappa shape index (κ3) is 4.72. The van der Waals surface area contributed by atoms with E-state index in [2.05, 4.69) is 15.6 Å². The Morgan fingerprint density at radius 1 is 1.07 bits per heavy atom. The van der Waals surface area contributed by atoms with Crippen LogP contribution in [0.15, 0.2) is 48.5 Å². The molecule has 29 heavy (non-hydrogen) atoms. The molecule has 2 aromatic carbocycles. The molecule has 0 saturated carbocycles. The minimum atomic E-state index is -0.399. The summed E-state index contributed by atoms with van der Waals surface area (Å²) in [6.45, 7) is 1.82. The normalized spacial score (nSPS) is 11.8. The lowest BCUT2D eigenvalue weighted by molar-refractivity contribution is -0.125. The summed E-state index contributed by atoms with van der Waals surface area (Å²) < 4.78 is 12.0. The molecule has 0 fully saturated rings. The predicted octanol–water partition coefficient (Wildman–Crippen LogP) is 2.51. The number of rotatable bonds is 8. The first-order chi connectivity index (χ1) is 14.0. The van der Waals surface area contributed by atoms with Crippen molar-refractivity contribution >= 4 is 28.5 Å². The first-order valence-electron chi connectivity index (χ1n) is 9.19. The van der Waals surface area contributed by atoms with Crippen molar-refractivity contribution in [3.63, 3.8) is 0 Å². The van der Waals surface area contributed by atoms with Crippen molar-refractivity contribution in [2.75, 3.05) is 26.1 Å². The smallest absolute Gasteiger partial charge is 0.246 e. The summed E-state index contributed by atoms with van der Waals surface area (Å²) in [4.78, 5) is 29.3. The lowest BCUT2D eigenvalue weighted by Crippen LogP contribution is -2.32. The molecular formula is C21H24N4O4. The Hall–Kier alpha value is -3.39. The van der Waals surface area contributed by atoms with E-state index in [1.165, 1.54) is 7.11 Å². The first kappa shape index (κ1) is 20.3. The molecule has 0 aliphatic carbocycles. The second kappa shape index (κ2) is 9.20. The highest BCUT2D eigenvalue weighted by Gasteiger charge is 2.20. The van der Waals surface area contributed by atoms with Gasteiger partial charge in [0.1, 0.15) is 24.7 Å². The van der Waals surface area contributed by atoms with Gasteiger partial charge in [-0.3, -0.25) is 9.59 Å². The van der Waals surface area contributed by atoms with E-state index in [-0.39, 0.29) is 25.0 Å². The van der Waals surface area contributed by atoms with Gasteiger partial charge in [-0.25, -0.2) is 4.98 Å². The quantitative estimate of drug-likeness (QED) is 0.610. The van der Waals surface area contributed by atoms with Crippen molar-refractivity contribution in [2.24, 2.45) is 0 Å². The van der Waals surface area contributed by atoms with E-state index in [0.29, 0.717) is 17.3 Å². The number of anilines is 1. The van der Waals surface area contributed by atoms with Gasteiger partial charge in [-0.15, -0.1) is 0 Å². The highest BCUT2D eigenvalue weighted by Crippen LogP contribution is 2.24. The van der Waals surface area contributed by atoms with Crippen molar-refractivity contribution in [3.05, 3.63) is 54.4 Å². The highest BCUT2D eigenvalue weighted by molar-refractivity contribution is 5.93. The Morgan fingerprint density at radius 2 is 1.79 bits per heavy atom. The fourth-order valence-corrected chi connectivity index (χ4v) is 3.15. The Labute approximate surface area is 168 Å². The molecule has 1 heterocycles. The molecule has 2 amide bonds. The average molecular weight is 396 g/mol. The van der Waals surface area contributed by atoms with Gasteiger partial charge in [-0.05, 0) is 31.2 Å². The number of ether oxygens (including phenoxy) is 2. The van der Waals surface area contributed by atoms with Gasteiger partial charge >= 0.3 is 0 Å². The number of carbonyl (C=O) groups excluding carboxylic acids is 2. The number of nitrogens with one attached hydrogen (secondary N) is 2. The standard InChI is InChI=1S/C21H24N4O4/c1-14(22-20(27)13-28-2)21-24-15-8-4-6-10-17(15)25(21)12-19(26)23-16-9-5-7-11-18(16)29-3/h4-11,14H,12-13H2,1-3H3,(H,22,27)(H,23,26). The van der Waals surface area contributed by atoms with E-state index in [4.69, 9.17) is 9.47 Å². The van der Waals surface area contributed by atoms with Crippen molar-refractivity contribution < 1.29 is 19.1 Å². The van der Waals surface area contributed by atoms with Crippen LogP contribution in [0.5, 0.6) is 5.75 Å². The van der Waals surface area contributed by atoms with Gasteiger partial charge in [0.15, 0.2) is 0 Å². The molecular weight excluding hydrogens is 372 g/mol. The molecule has 0 saturated heterocycles. The van der Waals surface area contributed by atoms with Gasteiger partial charge in [-0.2, -0.15) is 0 Å². The zero-order valence-corrected chi connectivity index (χ0v) is 16.6. The van der Waals surface area contributed by atoms with Crippen molar-refractivity contribution in [1.82, 2.24) is 14.9 Å². The SMILES string of the molecule is COCC(=O)NC(C)c1nc2ccccc2n1CC(=O)Nc1ccccc1OC. The number of amides is 2. The molecule has 152 valence electrons. The minimum absolute atomic E-state index is 0.0401. The predicted molar refractivity (Wildman–Crippen MR) is 110 cm³/mol. The van der Waals surface area contributed by atoms with Crippen LogP contribution >= 0.6 is 0 Å². The van der Waals surface area contributed by atoms with Gasteiger partial charge in [0.25, 0.3) is 0 Å². The summed E-state index contributed by atoms with van der Waals surface area (Å²) >= 11 is 0. The summed E-state index contributed by atoms with van der Waals surface area (Å²) in [6, 6.07) is 14.3. The molecule has 8 heteroatoms. The van der Waals surface area contributed by atoms with E-state index in [1.54, 1.807) is 23.8 Å². The largest absolute Gasteiger partial charge is 0.495 e. The number of imidazole rings is 1. The molecule has 3 aromatic rings. The minimum Gasteiger partial charge on any atom is -0.495 e. The van der Waals surface area contributed by atoms with Crippen LogP contribution in [0.1, 0.15) is 18.8 Å². The lowest BCUT2D eigenvalue weighted by atomic mass is 10.2. The molecule has 0 aliphatic heterocycles. The molecule has 2 N–H and O–H groups in total. The molecule has 8 nitrogen and oxygen atoms in total. The summed E-state index contributed by atoms with van der Waals surface area (Å²) in [5, 5.41) is 5.71. The topological polar surface area (TPSA) is 94.5 Å². The van der Waals surface area contributed by atoms with Crippen LogP contribution in [-0.4, -0.2) is 42.2 Å². The number of fused-ring (bicyclic) bond motifs is 1. The molecule has 0 spiro atoms. The Bertz CT molecular complexity index is 1010. The van der Waals surface area contributed by atoms with E-state index >= 15 is 0 Å². The molecule has 1 atom stereocenters. The van der Waals surface area contributed by atoms with Gasteiger partial charge in [0.2, 0.25) is 11.8 Å². The number of para-hydroxylation sites is 4. The van der Waals surface area contributed by atoms with Crippen LogP contribution in [0.2, 0.25) is 0 Å². The maximum absolute atomic E-state index is 12.8. The maximum Gasteiger partial charge on any atom is 0.246 e. The fourth-order valence-electron chi connectivity index (χ4n) is 3.15. The fraction of sp³-hybridized carbons (Fsp3) is 0.286. The van der Waals surface area contributed by atoms with Crippen LogP contribution < -0.4 is 15.4 Å². The van der Waals surface area contributed by atoms with Crippen LogP contribution in [0.4, 0.5) is 5.69 Å². The Kier molecular flexibility index (Phi) is 6.46. The lowest BCUT2D eigenvalue weighted by Gasteiger charge is -2.16. The van der Waals surface area contributed by atoms with E-state index < -0.39 is 6.04 Å². The second-order valence-electron chi connectivity index (χ2n) is 6.52. The molecule has 1 unspecified atom stereocenters. The number of nitrogens with zero attached hydrogens (tertiary/aromatic N) is 2. The van der Waals surface area contributed by atoms with Crippen LogP contribution in [0, 0.1) is 0 Å². The van der Waals surface area contributed by atoms with Crippen LogP contribution in [0.25, 0.3) is 11.0 Å². The maximum atomic E-state index is 12.8. The number of benzene rings is 2. The number of hydrogen-bond acceptors (Lipinski definition) is 5. The van der Waals surface area contributed by atoms with Gasteiger partial charge in [0.05, 0.1) is 29.9 Å². The summed E-state index contributed by atoms with van der Waals surface area (Å²) in [5.41, 5.74) is 2.15. The first-order valence-corrected chi connectivity index (χ1v) is 9.19. The third-order valence-corrected chi connectivity index (χ3v) is 4.41. The summed E-state index contributed by atoms with van der Waals surface area (Å²) in [6.07, 6.45) is 0. The van der Waals surface area contributed by atoms with Crippen LogP contribution in [-0.2, 0) is 20.9 Å². The van der Waals surface area contributed by atoms with E-state index in [9.17, 15) is 9.59 Å². The van der Waals surface area contributed by atoms with Gasteiger partial charge in [0, 0.05) is 7.11 Å². The molecule has 0 bridgehead atoms. The van der Waals surface area contributed by atoms with Crippen molar-refractivity contribution in [2.45, 2.75) is 19.5 Å². The highest BCUT2D eigenvalue weighted by atomic mass is 16.5. The number of methoxy groups -OCH3 is 2. The second-order valence-corrected chi connectivity index (χ2v) is 6.52. The summed E-state index contributed by atoms with van der Waals surface area (Å²) in [5.74, 6) is 0.689. The van der Waals surface area contributed by atoms with Gasteiger partial charge < -0.3 is 24.7 Å². The van der Waals surface area contributed by atoms with E-state index in [1.807, 2.05) is 43.3 Å². The average Bonchev–Trinajstić information content (AvgIpc) is 3.07. The zero-order chi connectivity index (χ0) is 20.8. The summed E-state index contributed by atoms with van der Waals surface area (Å²) in [7, 11) is 3.01. The molecule has 0 aliphatic rings. The number of aromatic nitrogens is 2. The number of hydrogen-bond donors (Lipinski definition) is 2. The Balaban J connectivity index is 1.87. The van der Waals surface area contributed by atoms with Crippen molar-refractivity contribution in [1.29, 1.82) is 0 Å².